The van der Waals surface area contributed by atoms with Gasteiger partial charge in [0.1, 0.15) is 0 Å². The molecule has 7 aromatic rings. The monoisotopic (exact) mass is 989 g/mol. The molecule has 2 aromatic carbocycles. The number of benzene rings is 2. The standard InChI is InChI=1S/C15H16N2O.C15H18N2.C12H16N2OS.C8H9NO2.C8H9NO/c1-11-3-7-14(8-4-11)17-15(18)9-13-6-5-12(2)16-10-13;1-12-3-7-15(8-4-12)16-10-9-14-6-5-13(2)17-11-14;1-10-2-3-11(9-13-10)8-12(16)14-4-6-15-7-5-14;1-6-2-3-7(5-9-6)4-8(10)11;1-6-3-4-8(5-9-6)7(2)10/h3-8,10H,9H2,1-2H3,(H,17,18);3-8,11,16H,9-10H2,1-2H3;2-3,9H,4-8H2,1H3;2-3,5H,4H2,1H3,(H,10,11);3-5H,1-2H3. The third-order valence-corrected chi connectivity index (χ3v) is 11.2. The molecule has 376 valence electrons. The van der Waals surface area contributed by atoms with Gasteiger partial charge in [-0.1, -0.05) is 71.9 Å². The molecule has 0 spiro atoms. The predicted molar refractivity (Wildman–Crippen MR) is 292 cm³/mol. The number of rotatable bonds is 12. The molecule has 1 aliphatic heterocycles. The number of aryl methyl sites for hydroxylation is 7. The van der Waals surface area contributed by atoms with Gasteiger partial charge >= 0.3 is 5.97 Å². The minimum atomic E-state index is -0.823. The molecule has 1 fully saturated rings. The van der Waals surface area contributed by atoms with E-state index in [2.05, 4.69) is 89.8 Å². The summed E-state index contributed by atoms with van der Waals surface area (Å²) >= 11 is 5.43. The first-order chi connectivity index (χ1) is 34.5. The number of nitrogens with zero attached hydrogens (tertiary/aromatic N) is 6. The molecule has 0 radical (unpaired) electrons. The lowest BCUT2D eigenvalue weighted by atomic mass is 10.2. The Bertz CT molecular complexity index is 2620. The van der Waals surface area contributed by atoms with E-state index in [1.807, 2.05) is 102 Å². The third kappa shape index (κ3) is 23.4. The average molecular weight is 989 g/mol. The fourth-order valence-electron chi connectivity index (χ4n) is 6.46. The Hall–Kier alpha value is -7.55. The number of hydrogen-bond donors (Lipinski definition) is 3. The molecule has 0 unspecified atom stereocenters. The van der Waals surface area contributed by atoms with Crippen molar-refractivity contribution in [1.82, 2.24) is 29.8 Å². The number of aliphatic carboxylic acids is 1. The number of ketones is 1. The summed E-state index contributed by atoms with van der Waals surface area (Å²) < 4.78 is 5.30. The van der Waals surface area contributed by atoms with E-state index in [4.69, 9.17) is 22.1 Å². The Balaban J connectivity index is 0.000000199. The number of pyridine rings is 5. The number of carbonyl (C=O) groups is 3. The van der Waals surface area contributed by atoms with Gasteiger partial charge in [-0.2, -0.15) is 0 Å². The first-order valence-electron chi connectivity index (χ1n) is 23.9. The average Bonchev–Trinajstić information content (AvgIpc) is 3.37. The normalized spacial score (nSPS) is 11.3. The predicted octanol–water partition coefficient (Wildman–Crippen LogP) is 10.4. The molecule has 1 saturated heterocycles. The molecule has 0 saturated carbocycles. The number of carbonyl (C=O) groups excluding carboxylic acids is 2. The van der Waals surface area contributed by atoms with Crippen LogP contribution < -0.4 is 10.6 Å². The van der Waals surface area contributed by atoms with Crippen molar-refractivity contribution in [2.45, 2.75) is 81.1 Å². The molecule has 1 aliphatic rings. The molecule has 5 aromatic heterocycles. The summed E-state index contributed by atoms with van der Waals surface area (Å²) in [5, 5.41) is 14.7. The van der Waals surface area contributed by atoms with Gasteiger partial charge in [0.15, 0.2) is 5.78 Å². The third-order valence-electron chi connectivity index (χ3n) is 10.8. The summed E-state index contributed by atoms with van der Waals surface area (Å²) in [6.07, 6.45) is 11.0. The van der Waals surface area contributed by atoms with Crippen molar-refractivity contribution in [3.8, 4) is 0 Å². The van der Waals surface area contributed by atoms with E-state index >= 15 is 0 Å². The summed E-state index contributed by atoms with van der Waals surface area (Å²) in [6, 6.07) is 35.6. The minimum absolute atomic E-state index is 0.0236. The summed E-state index contributed by atoms with van der Waals surface area (Å²) in [6.45, 7) is 19.7. The minimum Gasteiger partial charge on any atom is -0.481 e. The molecule has 13 nitrogen and oxygen atoms in total. The van der Waals surface area contributed by atoms with Gasteiger partial charge in [-0.25, -0.2) is 0 Å². The Morgan fingerprint density at radius 1 is 0.542 bits per heavy atom. The van der Waals surface area contributed by atoms with E-state index in [1.165, 1.54) is 34.9 Å². The van der Waals surface area contributed by atoms with Crippen LogP contribution in [0, 0.1) is 48.5 Å². The maximum atomic E-state index is 11.8. The number of morpholine rings is 1. The van der Waals surface area contributed by atoms with Gasteiger partial charge < -0.3 is 25.4 Å². The number of anilines is 2. The van der Waals surface area contributed by atoms with Crippen LogP contribution in [0.15, 0.2) is 140 Å². The zero-order chi connectivity index (χ0) is 52.3. The number of amides is 1. The molecule has 6 heterocycles. The van der Waals surface area contributed by atoms with Gasteiger partial charge in [0.25, 0.3) is 0 Å². The highest BCUT2D eigenvalue weighted by molar-refractivity contribution is 7.80. The maximum Gasteiger partial charge on any atom is 0.307 e. The molecule has 0 atom stereocenters. The summed E-state index contributed by atoms with van der Waals surface area (Å²) in [5.74, 6) is -0.785. The van der Waals surface area contributed by atoms with Crippen LogP contribution in [0.4, 0.5) is 11.4 Å². The van der Waals surface area contributed by atoms with Gasteiger partial charge in [-0.3, -0.25) is 39.3 Å². The van der Waals surface area contributed by atoms with E-state index in [0.29, 0.717) is 12.0 Å². The van der Waals surface area contributed by atoms with Crippen LogP contribution in [-0.4, -0.2) is 90.4 Å². The Morgan fingerprint density at radius 2 is 0.958 bits per heavy atom. The second-order valence-corrected chi connectivity index (χ2v) is 17.8. The molecule has 72 heavy (non-hydrogen) atoms. The molecule has 0 bridgehead atoms. The van der Waals surface area contributed by atoms with Crippen molar-refractivity contribution >= 4 is 46.2 Å². The number of hydrogen-bond acceptors (Lipinski definition) is 11. The largest absolute Gasteiger partial charge is 0.481 e. The second kappa shape index (κ2) is 30.9. The highest BCUT2D eigenvalue weighted by atomic mass is 32.1. The number of carboxylic acids is 1. The number of aromatic nitrogens is 5. The molecule has 14 heteroatoms. The molecule has 8 rings (SSSR count). The van der Waals surface area contributed by atoms with Crippen molar-refractivity contribution in [1.29, 1.82) is 0 Å². The van der Waals surface area contributed by atoms with Gasteiger partial charge in [0.05, 0.1) is 31.0 Å². The first kappa shape index (κ1) is 57.0. The van der Waals surface area contributed by atoms with Crippen LogP contribution in [0.2, 0.25) is 0 Å². The number of carboxylic acid groups (broad SMARTS) is 1. The van der Waals surface area contributed by atoms with Crippen LogP contribution in [0.25, 0.3) is 0 Å². The zero-order valence-electron chi connectivity index (χ0n) is 42.8. The number of Topliss-reactive ketones (excluding diaryl/α,β-unsaturated/α-hetero) is 1. The van der Waals surface area contributed by atoms with Crippen molar-refractivity contribution < 1.29 is 24.2 Å². The molecule has 0 aliphatic carbocycles. The van der Waals surface area contributed by atoms with Crippen LogP contribution >= 0.6 is 12.2 Å². The van der Waals surface area contributed by atoms with Crippen LogP contribution in [0.1, 0.15) is 79.1 Å². The van der Waals surface area contributed by atoms with Crippen molar-refractivity contribution in [3.05, 3.63) is 208 Å². The number of thiocarbonyl (C=S) groups is 1. The fourth-order valence-corrected chi connectivity index (χ4v) is 6.80. The maximum absolute atomic E-state index is 11.8. The van der Waals surface area contributed by atoms with Gasteiger partial charge in [-0.15, -0.1) is 0 Å². The van der Waals surface area contributed by atoms with E-state index < -0.39 is 5.97 Å². The highest BCUT2D eigenvalue weighted by Gasteiger charge is 2.14. The van der Waals surface area contributed by atoms with Crippen LogP contribution in [0.5, 0.6) is 0 Å². The van der Waals surface area contributed by atoms with Crippen molar-refractivity contribution in [3.63, 3.8) is 0 Å². The van der Waals surface area contributed by atoms with E-state index in [-0.39, 0.29) is 18.1 Å². The van der Waals surface area contributed by atoms with Crippen LogP contribution in [-0.2, 0) is 40.0 Å². The van der Waals surface area contributed by atoms with E-state index in [9.17, 15) is 14.4 Å². The fraction of sp³-hybridized carbons (Fsp3) is 0.293. The smallest absolute Gasteiger partial charge is 0.307 e. The molecular formula is C58H68N8O5S. The zero-order valence-corrected chi connectivity index (χ0v) is 43.6. The Morgan fingerprint density at radius 3 is 1.38 bits per heavy atom. The summed E-state index contributed by atoms with van der Waals surface area (Å²) in [4.78, 5) is 56.7. The molecule has 3 N–H and O–H groups in total. The lowest BCUT2D eigenvalue weighted by Crippen LogP contribution is -2.40. The number of ether oxygens (including phenoxy) is 1. The Kier molecular flexibility index (Phi) is 24.5. The second-order valence-electron chi connectivity index (χ2n) is 17.3. The number of nitrogens with one attached hydrogen (secondary N) is 2. The summed E-state index contributed by atoms with van der Waals surface area (Å²) in [7, 11) is 0. The topological polar surface area (TPSA) is 172 Å². The molecular weight excluding hydrogens is 921 g/mol. The van der Waals surface area contributed by atoms with Gasteiger partial charge in [-0.05, 0) is 145 Å². The van der Waals surface area contributed by atoms with Crippen molar-refractivity contribution in [2.24, 2.45) is 0 Å². The quantitative estimate of drug-likeness (QED) is 0.0781. The SMILES string of the molecule is CC(=O)c1ccc(C)nc1.Cc1ccc(CC(=O)O)cn1.Cc1ccc(CC(=S)N2CCOCC2)cn1.Cc1ccc(NC(=O)Cc2ccc(C)nc2)cc1.Cc1ccc(NCCc2ccc(C)nc2)cc1. The van der Waals surface area contributed by atoms with Gasteiger partial charge in [0, 0.05) is 102 Å². The molecule has 1 amide bonds. The Labute approximate surface area is 430 Å². The highest BCUT2D eigenvalue weighted by Crippen LogP contribution is 2.12. The van der Waals surface area contributed by atoms with Gasteiger partial charge in [0.2, 0.25) is 5.91 Å². The summed E-state index contributed by atoms with van der Waals surface area (Å²) in [5.41, 5.74) is 14.2. The lowest BCUT2D eigenvalue weighted by molar-refractivity contribution is -0.136. The van der Waals surface area contributed by atoms with E-state index in [0.717, 1.165) is 96.0 Å². The van der Waals surface area contributed by atoms with E-state index in [1.54, 1.807) is 36.8 Å². The first-order valence-corrected chi connectivity index (χ1v) is 24.3. The lowest BCUT2D eigenvalue weighted by Gasteiger charge is -2.29. The van der Waals surface area contributed by atoms with Crippen LogP contribution in [0.3, 0.4) is 0 Å². The van der Waals surface area contributed by atoms with Crippen molar-refractivity contribution in [2.75, 3.05) is 43.5 Å².